The van der Waals surface area contributed by atoms with E-state index in [0.29, 0.717) is 12.8 Å². The summed E-state index contributed by atoms with van der Waals surface area (Å²) in [6.45, 7) is 0. The van der Waals surface area contributed by atoms with Gasteiger partial charge in [-0.2, -0.15) is 0 Å². The molecule has 0 aliphatic heterocycles. The summed E-state index contributed by atoms with van der Waals surface area (Å²) in [4.78, 5) is -1.02. The summed E-state index contributed by atoms with van der Waals surface area (Å²) >= 11 is 0. The van der Waals surface area contributed by atoms with Crippen LogP contribution in [0.4, 0.5) is 0 Å². The zero-order valence-corrected chi connectivity index (χ0v) is 5.94. The molecule has 1 saturated carbocycles. The van der Waals surface area contributed by atoms with E-state index in [-0.39, 0.29) is 0 Å². The third kappa shape index (κ3) is 0.953. The van der Waals surface area contributed by atoms with Gasteiger partial charge < -0.3 is 4.74 Å². The maximum absolute atomic E-state index is 10.6. The summed E-state index contributed by atoms with van der Waals surface area (Å²) in [6.07, 6.45) is 1.06. The molecule has 1 aliphatic carbocycles. The van der Waals surface area contributed by atoms with E-state index in [4.69, 9.17) is 9.88 Å². The van der Waals surface area contributed by atoms with Crippen LogP contribution in [0.2, 0.25) is 0 Å². The van der Waals surface area contributed by atoms with Crippen molar-refractivity contribution >= 4 is 10.0 Å². The minimum absolute atomic E-state index is 0.530. The number of rotatable bonds is 2. The second kappa shape index (κ2) is 1.68. The van der Waals surface area contributed by atoms with Crippen LogP contribution in [0.5, 0.6) is 0 Å². The van der Waals surface area contributed by atoms with Crippen molar-refractivity contribution in [1.29, 1.82) is 0 Å². The van der Waals surface area contributed by atoms with Gasteiger partial charge in [-0.15, -0.1) is 0 Å². The number of nitrogens with two attached hydrogens (primary N) is 1. The molecule has 5 heteroatoms. The number of sulfonamides is 1. The van der Waals surface area contributed by atoms with Crippen molar-refractivity contribution in [2.45, 2.75) is 17.8 Å². The van der Waals surface area contributed by atoms with Crippen molar-refractivity contribution in [3.8, 4) is 0 Å². The molecule has 9 heavy (non-hydrogen) atoms. The van der Waals surface area contributed by atoms with Crippen molar-refractivity contribution in [2.75, 3.05) is 7.11 Å². The van der Waals surface area contributed by atoms with E-state index in [9.17, 15) is 8.42 Å². The average Bonchev–Trinajstić information content (AvgIpc) is 2.40. The molecule has 0 aromatic heterocycles. The summed E-state index contributed by atoms with van der Waals surface area (Å²) in [5.41, 5.74) is 0. The lowest BCUT2D eigenvalue weighted by Gasteiger charge is -2.08. The summed E-state index contributed by atoms with van der Waals surface area (Å²) in [5.74, 6) is 0. The maximum atomic E-state index is 10.6. The van der Waals surface area contributed by atoms with E-state index >= 15 is 0 Å². The van der Waals surface area contributed by atoms with Crippen LogP contribution in [0, 0.1) is 0 Å². The predicted octanol–water partition coefficient (Wildman–Crippen LogP) is -0.589. The second-order valence-electron chi connectivity index (χ2n) is 2.16. The molecule has 0 unspecified atom stereocenters. The van der Waals surface area contributed by atoms with Gasteiger partial charge in [0.2, 0.25) is 10.0 Å². The van der Waals surface area contributed by atoms with E-state index in [0.717, 1.165) is 0 Å². The molecular weight excluding hydrogens is 142 g/mol. The Kier molecular flexibility index (Phi) is 1.30. The third-order valence-electron chi connectivity index (χ3n) is 1.55. The second-order valence-corrected chi connectivity index (χ2v) is 3.99. The first-order valence-corrected chi connectivity index (χ1v) is 4.14. The van der Waals surface area contributed by atoms with E-state index < -0.39 is 15.0 Å². The number of methoxy groups -OCH3 is 1. The Bertz CT molecular complexity index is 204. The monoisotopic (exact) mass is 151 g/mol. The van der Waals surface area contributed by atoms with Crippen LogP contribution in [0.3, 0.4) is 0 Å². The highest BCUT2D eigenvalue weighted by atomic mass is 32.2. The molecule has 0 spiro atoms. The van der Waals surface area contributed by atoms with Gasteiger partial charge in [0.05, 0.1) is 0 Å². The van der Waals surface area contributed by atoms with Crippen LogP contribution in [0.1, 0.15) is 12.8 Å². The van der Waals surface area contributed by atoms with E-state index in [2.05, 4.69) is 0 Å². The Balaban J connectivity index is 2.85. The minimum atomic E-state index is -3.46. The number of ether oxygens (including phenoxy) is 1. The van der Waals surface area contributed by atoms with Gasteiger partial charge in [-0.25, -0.2) is 13.6 Å². The van der Waals surface area contributed by atoms with Gasteiger partial charge in [-0.1, -0.05) is 0 Å². The predicted molar refractivity (Wildman–Crippen MR) is 32.1 cm³/mol. The first-order valence-electron chi connectivity index (χ1n) is 2.59. The Labute approximate surface area is 54.0 Å². The molecule has 2 N–H and O–H groups in total. The van der Waals surface area contributed by atoms with Gasteiger partial charge in [0.1, 0.15) is 0 Å². The maximum Gasteiger partial charge on any atom is 0.239 e. The summed E-state index contributed by atoms with van der Waals surface area (Å²) in [6, 6.07) is 0. The van der Waals surface area contributed by atoms with Crippen LogP contribution >= 0.6 is 0 Å². The highest BCUT2D eigenvalue weighted by Gasteiger charge is 2.53. The Hall–Kier alpha value is -0.130. The molecule has 0 aromatic rings. The topological polar surface area (TPSA) is 69.4 Å². The lowest BCUT2D eigenvalue weighted by molar-refractivity contribution is 0.146. The molecule has 1 rings (SSSR count). The fourth-order valence-electron chi connectivity index (χ4n) is 0.707. The lowest BCUT2D eigenvalue weighted by atomic mass is 10.8. The molecule has 0 bridgehead atoms. The van der Waals surface area contributed by atoms with Crippen molar-refractivity contribution in [2.24, 2.45) is 5.14 Å². The first-order chi connectivity index (χ1) is 4.02. The molecule has 0 radical (unpaired) electrons. The van der Waals surface area contributed by atoms with Crippen LogP contribution < -0.4 is 5.14 Å². The Morgan fingerprint density at radius 1 is 1.56 bits per heavy atom. The smallest absolute Gasteiger partial charge is 0.239 e. The third-order valence-corrected chi connectivity index (χ3v) is 3.16. The number of hydrogen-bond donors (Lipinski definition) is 1. The van der Waals surface area contributed by atoms with Gasteiger partial charge in [-0.05, 0) is 12.8 Å². The van der Waals surface area contributed by atoms with Gasteiger partial charge in [0, 0.05) is 7.11 Å². The molecule has 54 valence electrons. The minimum Gasteiger partial charge on any atom is -0.361 e. The Morgan fingerprint density at radius 3 is 2.00 bits per heavy atom. The normalized spacial score (nSPS) is 23.8. The van der Waals surface area contributed by atoms with Crippen molar-refractivity contribution in [1.82, 2.24) is 0 Å². The number of primary sulfonamides is 1. The SMILES string of the molecule is COC1(S(N)(=O)=O)CC1. The summed E-state index contributed by atoms with van der Waals surface area (Å²) in [7, 11) is -2.10. The van der Waals surface area contributed by atoms with Gasteiger partial charge in [0.15, 0.2) is 4.93 Å². The van der Waals surface area contributed by atoms with Crippen LogP contribution in [-0.4, -0.2) is 20.5 Å². The van der Waals surface area contributed by atoms with Crippen LogP contribution in [0.15, 0.2) is 0 Å². The molecule has 1 aliphatic rings. The van der Waals surface area contributed by atoms with Gasteiger partial charge >= 0.3 is 0 Å². The molecule has 0 aromatic carbocycles. The summed E-state index contributed by atoms with van der Waals surface area (Å²) < 4.78 is 25.9. The van der Waals surface area contributed by atoms with Crippen LogP contribution in [-0.2, 0) is 14.8 Å². The van der Waals surface area contributed by atoms with Gasteiger partial charge in [-0.3, -0.25) is 0 Å². The molecule has 4 nitrogen and oxygen atoms in total. The molecule has 0 heterocycles. The van der Waals surface area contributed by atoms with Crippen molar-refractivity contribution in [3.63, 3.8) is 0 Å². The van der Waals surface area contributed by atoms with E-state index in [1.807, 2.05) is 0 Å². The standard InChI is InChI=1S/C4H9NO3S/c1-8-4(2-3-4)9(5,6)7/h2-3H2,1H3,(H2,5,6,7). The first kappa shape index (κ1) is 6.98. The van der Waals surface area contributed by atoms with E-state index in [1.54, 1.807) is 0 Å². The van der Waals surface area contributed by atoms with Crippen molar-refractivity contribution < 1.29 is 13.2 Å². The average molecular weight is 151 g/mol. The number of hydrogen-bond acceptors (Lipinski definition) is 3. The molecule has 0 atom stereocenters. The highest BCUT2D eigenvalue weighted by molar-refractivity contribution is 7.90. The highest BCUT2D eigenvalue weighted by Crippen LogP contribution is 2.42. The zero-order chi connectivity index (χ0) is 7.12. The molecule has 1 fully saturated rings. The summed E-state index contributed by atoms with van der Waals surface area (Å²) in [5, 5.41) is 4.83. The molecule has 0 saturated heterocycles. The zero-order valence-electron chi connectivity index (χ0n) is 5.12. The van der Waals surface area contributed by atoms with Crippen LogP contribution in [0.25, 0.3) is 0 Å². The fourth-order valence-corrected chi connectivity index (χ4v) is 1.61. The lowest BCUT2D eigenvalue weighted by Crippen LogP contribution is -2.31. The quantitative estimate of drug-likeness (QED) is 0.573. The molecular formula is C4H9NO3S. The van der Waals surface area contributed by atoms with E-state index in [1.165, 1.54) is 7.11 Å². The fraction of sp³-hybridized carbons (Fsp3) is 1.00. The van der Waals surface area contributed by atoms with Gasteiger partial charge in [0.25, 0.3) is 0 Å². The molecule has 0 amide bonds. The van der Waals surface area contributed by atoms with Crippen molar-refractivity contribution in [3.05, 3.63) is 0 Å². The Morgan fingerprint density at radius 2 is 2.00 bits per heavy atom. The largest absolute Gasteiger partial charge is 0.361 e.